The molecule has 1 saturated heterocycles. The number of nitrogens with zero attached hydrogens (tertiary/aromatic N) is 2. The molecule has 1 aliphatic heterocycles. The number of benzene rings is 2. The van der Waals surface area contributed by atoms with Gasteiger partial charge in [0.15, 0.2) is 0 Å². The molecule has 1 unspecified atom stereocenters. The number of fused-ring (bicyclic) bond motifs is 1. The molecular weight excluding hydrogens is 352 g/mol. The van der Waals surface area contributed by atoms with Crippen molar-refractivity contribution in [2.75, 3.05) is 6.61 Å². The van der Waals surface area contributed by atoms with E-state index in [0.717, 1.165) is 34.5 Å². The van der Waals surface area contributed by atoms with Gasteiger partial charge in [-0.15, -0.1) is 0 Å². The van der Waals surface area contributed by atoms with Crippen LogP contribution in [0.4, 0.5) is 0 Å². The molecular formula is C23H18N2O3. The van der Waals surface area contributed by atoms with Crippen LogP contribution in [-0.4, -0.2) is 16.2 Å². The Balaban J connectivity index is 1.39. The first-order valence-electron chi connectivity index (χ1n) is 9.18. The smallest absolute Gasteiger partial charge is 0.258 e. The first-order chi connectivity index (χ1) is 13.8. The molecule has 2 aromatic heterocycles. The first kappa shape index (κ1) is 16.7. The highest BCUT2D eigenvalue weighted by Gasteiger charge is 2.26. The van der Waals surface area contributed by atoms with E-state index < -0.39 is 0 Å². The molecule has 28 heavy (non-hydrogen) atoms. The number of aromatic nitrogens is 2. The summed E-state index contributed by atoms with van der Waals surface area (Å²) in [6, 6.07) is 23.0. The average molecular weight is 370 g/mol. The zero-order chi connectivity index (χ0) is 18.9. The Labute approximate surface area is 161 Å². The fraction of sp³-hybridized carbons (Fsp3) is 0.130. The summed E-state index contributed by atoms with van der Waals surface area (Å²) in [7, 11) is 0. The Morgan fingerprint density at radius 2 is 1.89 bits per heavy atom. The fourth-order valence-electron chi connectivity index (χ4n) is 3.18. The van der Waals surface area contributed by atoms with Gasteiger partial charge in [-0.25, -0.2) is 4.98 Å². The van der Waals surface area contributed by atoms with Gasteiger partial charge in [-0.3, -0.25) is 9.36 Å². The van der Waals surface area contributed by atoms with Crippen molar-refractivity contribution in [3.63, 3.8) is 0 Å². The van der Waals surface area contributed by atoms with Gasteiger partial charge in [0, 0.05) is 23.3 Å². The monoisotopic (exact) mass is 370 g/mol. The highest BCUT2D eigenvalue weighted by atomic mass is 16.6. The van der Waals surface area contributed by atoms with Crippen molar-refractivity contribution in [3.05, 3.63) is 101 Å². The van der Waals surface area contributed by atoms with E-state index in [9.17, 15) is 4.79 Å². The topological polar surface area (TPSA) is 56.7 Å². The Kier molecular flexibility index (Phi) is 4.14. The molecule has 0 N–H and O–H groups in total. The molecule has 0 amide bonds. The maximum atomic E-state index is 12.6. The highest BCUT2D eigenvalue weighted by molar-refractivity contribution is 5.81. The molecule has 4 aromatic rings. The van der Waals surface area contributed by atoms with Gasteiger partial charge in [0.05, 0.1) is 17.8 Å². The Hall–Kier alpha value is -3.44. The average Bonchev–Trinajstić information content (AvgIpc) is 3.58. The quantitative estimate of drug-likeness (QED) is 0.498. The first-order valence-corrected chi connectivity index (χ1v) is 9.18. The van der Waals surface area contributed by atoms with E-state index >= 15 is 0 Å². The third-order valence-corrected chi connectivity index (χ3v) is 4.78. The molecule has 0 saturated carbocycles. The molecule has 0 radical (unpaired) electrons. The second kappa shape index (κ2) is 6.94. The highest BCUT2D eigenvalue weighted by Crippen LogP contribution is 2.29. The van der Waals surface area contributed by atoms with Gasteiger partial charge in [0.2, 0.25) is 0 Å². The molecule has 0 aliphatic carbocycles. The molecule has 1 aliphatic rings. The van der Waals surface area contributed by atoms with Crippen LogP contribution in [0.25, 0.3) is 16.6 Å². The number of rotatable bonds is 5. The van der Waals surface area contributed by atoms with E-state index in [1.54, 1.807) is 16.8 Å². The Morgan fingerprint density at radius 1 is 1.04 bits per heavy atom. The normalized spacial score (nSPS) is 15.5. The minimum Gasteiger partial charge on any atom is -0.489 e. The molecule has 138 valence electrons. The second-order valence-electron chi connectivity index (χ2n) is 6.78. The Bertz CT molecular complexity index is 1200. The Morgan fingerprint density at radius 3 is 2.68 bits per heavy atom. The summed E-state index contributed by atoms with van der Waals surface area (Å²) in [5.74, 6) is 0.557. The van der Waals surface area contributed by atoms with Crippen LogP contribution >= 0.6 is 0 Å². The van der Waals surface area contributed by atoms with Gasteiger partial charge < -0.3 is 9.47 Å². The van der Waals surface area contributed by atoms with Crippen molar-refractivity contribution >= 4 is 10.9 Å². The summed E-state index contributed by atoms with van der Waals surface area (Å²) in [5.41, 5.74) is 3.57. The molecule has 0 spiro atoms. The summed E-state index contributed by atoms with van der Waals surface area (Å²) >= 11 is 0. The van der Waals surface area contributed by atoms with Crippen LogP contribution in [0.2, 0.25) is 0 Å². The standard InChI is InChI=1S/C23H18N2O3/c26-23-13-19(27-14-16-4-2-1-3-5-16)10-11-25(23)18-7-9-20-17(12-18)6-8-21(24-20)22-15-28-22/h1-13,22H,14-15H2. The van der Waals surface area contributed by atoms with Crippen LogP contribution in [0.1, 0.15) is 17.4 Å². The lowest BCUT2D eigenvalue weighted by atomic mass is 10.1. The van der Waals surface area contributed by atoms with Crippen molar-refractivity contribution in [3.8, 4) is 11.4 Å². The lowest BCUT2D eigenvalue weighted by Crippen LogP contribution is -2.16. The van der Waals surface area contributed by atoms with Gasteiger partial charge >= 0.3 is 0 Å². The van der Waals surface area contributed by atoms with E-state index in [1.165, 1.54) is 6.07 Å². The van der Waals surface area contributed by atoms with Gasteiger partial charge in [-0.1, -0.05) is 36.4 Å². The molecule has 2 aromatic carbocycles. The molecule has 1 atom stereocenters. The van der Waals surface area contributed by atoms with Gasteiger partial charge in [-0.2, -0.15) is 0 Å². The predicted molar refractivity (Wildman–Crippen MR) is 107 cm³/mol. The van der Waals surface area contributed by atoms with Gasteiger partial charge in [-0.05, 0) is 35.9 Å². The number of pyridine rings is 2. The van der Waals surface area contributed by atoms with Crippen molar-refractivity contribution in [2.24, 2.45) is 0 Å². The van der Waals surface area contributed by atoms with Crippen LogP contribution in [0.15, 0.2) is 83.8 Å². The van der Waals surface area contributed by atoms with Crippen LogP contribution < -0.4 is 10.3 Å². The van der Waals surface area contributed by atoms with Gasteiger partial charge in [0.25, 0.3) is 5.56 Å². The largest absolute Gasteiger partial charge is 0.489 e. The van der Waals surface area contributed by atoms with Crippen molar-refractivity contribution in [2.45, 2.75) is 12.7 Å². The summed E-state index contributed by atoms with van der Waals surface area (Å²) in [6.45, 7) is 1.17. The number of epoxide rings is 1. The molecule has 1 fully saturated rings. The minimum absolute atomic E-state index is 0.134. The fourth-order valence-corrected chi connectivity index (χ4v) is 3.18. The minimum atomic E-state index is -0.138. The van der Waals surface area contributed by atoms with Crippen LogP contribution in [0.3, 0.4) is 0 Å². The van der Waals surface area contributed by atoms with Crippen molar-refractivity contribution in [1.29, 1.82) is 0 Å². The summed E-state index contributed by atoms with van der Waals surface area (Å²) < 4.78 is 12.6. The molecule has 5 nitrogen and oxygen atoms in total. The van der Waals surface area contributed by atoms with E-state index in [-0.39, 0.29) is 11.7 Å². The number of hydrogen-bond donors (Lipinski definition) is 0. The number of hydrogen-bond acceptors (Lipinski definition) is 4. The maximum absolute atomic E-state index is 12.6. The van der Waals surface area contributed by atoms with Crippen LogP contribution in [-0.2, 0) is 11.3 Å². The van der Waals surface area contributed by atoms with E-state index in [0.29, 0.717) is 12.4 Å². The molecule has 0 bridgehead atoms. The second-order valence-corrected chi connectivity index (χ2v) is 6.78. The summed E-state index contributed by atoms with van der Waals surface area (Å²) in [6.07, 6.45) is 1.87. The van der Waals surface area contributed by atoms with E-state index in [1.807, 2.05) is 60.7 Å². The van der Waals surface area contributed by atoms with Crippen molar-refractivity contribution in [1.82, 2.24) is 9.55 Å². The lowest BCUT2D eigenvalue weighted by Gasteiger charge is -2.10. The molecule has 5 heteroatoms. The summed E-state index contributed by atoms with van der Waals surface area (Å²) in [5, 5.41) is 0.984. The molecule has 5 rings (SSSR count). The zero-order valence-corrected chi connectivity index (χ0v) is 15.1. The van der Waals surface area contributed by atoms with Gasteiger partial charge in [0.1, 0.15) is 18.5 Å². The van der Waals surface area contributed by atoms with Crippen LogP contribution in [0.5, 0.6) is 5.75 Å². The van der Waals surface area contributed by atoms with E-state index in [4.69, 9.17) is 9.47 Å². The summed E-state index contributed by atoms with van der Waals surface area (Å²) in [4.78, 5) is 17.2. The third-order valence-electron chi connectivity index (χ3n) is 4.78. The molecule has 3 heterocycles. The SMILES string of the molecule is O=c1cc(OCc2ccccc2)ccn1-c1ccc2nc(C3CO3)ccc2c1. The maximum Gasteiger partial charge on any atom is 0.258 e. The number of ether oxygens (including phenoxy) is 2. The van der Waals surface area contributed by atoms with Crippen molar-refractivity contribution < 1.29 is 9.47 Å². The predicted octanol–water partition coefficient (Wildman–Crippen LogP) is 4.04. The van der Waals surface area contributed by atoms with Crippen LogP contribution in [0, 0.1) is 0 Å². The van der Waals surface area contributed by atoms with E-state index in [2.05, 4.69) is 4.98 Å². The third kappa shape index (κ3) is 3.40. The zero-order valence-electron chi connectivity index (χ0n) is 15.1. The lowest BCUT2D eigenvalue weighted by molar-refractivity contribution is 0.305.